The molecule has 0 saturated carbocycles. The minimum Gasteiger partial charge on any atom is -0.497 e. The van der Waals surface area contributed by atoms with Gasteiger partial charge in [0.2, 0.25) is 0 Å². The first-order chi connectivity index (χ1) is 9.62. The zero-order valence-corrected chi connectivity index (χ0v) is 12.6. The van der Waals surface area contributed by atoms with Crippen molar-refractivity contribution >= 4 is 17.3 Å². The van der Waals surface area contributed by atoms with Gasteiger partial charge in [-0.2, -0.15) is 0 Å². The number of rotatable bonds is 5. The SMILES string of the molecule is COc1cc(NC(C)c2cccc(Cl)c2)cc(OC)c1. The first kappa shape index (κ1) is 14.5. The fourth-order valence-electron chi connectivity index (χ4n) is 2.00. The number of hydrogen-bond donors (Lipinski definition) is 1. The Morgan fingerprint density at radius 1 is 1.00 bits per heavy atom. The van der Waals surface area contributed by atoms with Crippen LogP contribution in [0.4, 0.5) is 5.69 Å². The Labute approximate surface area is 124 Å². The fraction of sp³-hybridized carbons (Fsp3) is 0.250. The van der Waals surface area contributed by atoms with Gasteiger partial charge >= 0.3 is 0 Å². The zero-order chi connectivity index (χ0) is 14.5. The number of ether oxygens (including phenoxy) is 2. The molecule has 3 nitrogen and oxygen atoms in total. The molecule has 1 atom stereocenters. The molecule has 20 heavy (non-hydrogen) atoms. The molecule has 0 aliphatic rings. The second-order valence-corrected chi connectivity index (χ2v) is 4.96. The van der Waals surface area contributed by atoms with Gasteiger partial charge in [-0.3, -0.25) is 0 Å². The number of methoxy groups -OCH3 is 2. The summed E-state index contributed by atoms with van der Waals surface area (Å²) in [6, 6.07) is 13.7. The number of hydrogen-bond acceptors (Lipinski definition) is 3. The fourth-order valence-corrected chi connectivity index (χ4v) is 2.20. The topological polar surface area (TPSA) is 30.5 Å². The van der Waals surface area contributed by atoms with Gasteiger partial charge in [-0.15, -0.1) is 0 Å². The smallest absolute Gasteiger partial charge is 0.124 e. The van der Waals surface area contributed by atoms with Crippen LogP contribution in [0.25, 0.3) is 0 Å². The molecule has 0 fully saturated rings. The summed E-state index contributed by atoms with van der Waals surface area (Å²) in [5, 5.41) is 4.15. The number of nitrogens with one attached hydrogen (secondary N) is 1. The lowest BCUT2D eigenvalue weighted by molar-refractivity contribution is 0.394. The molecule has 0 heterocycles. The zero-order valence-electron chi connectivity index (χ0n) is 11.8. The Morgan fingerprint density at radius 3 is 2.20 bits per heavy atom. The minimum absolute atomic E-state index is 0.130. The molecule has 4 heteroatoms. The van der Waals surface area contributed by atoms with Crippen LogP contribution >= 0.6 is 11.6 Å². The summed E-state index contributed by atoms with van der Waals surface area (Å²) >= 11 is 6.02. The van der Waals surface area contributed by atoms with E-state index in [4.69, 9.17) is 21.1 Å². The Hall–Kier alpha value is -1.87. The first-order valence-electron chi connectivity index (χ1n) is 6.37. The van der Waals surface area contributed by atoms with Crippen molar-refractivity contribution in [2.24, 2.45) is 0 Å². The predicted octanol–water partition coefficient (Wildman–Crippen LogP) is 4.53. The van der Waals surface area contributed by atoms with Crippen LogP contribution in [0.5, 0.6) is 11.5 Å². The maximum Gasteiger partial charge on any atom is 0.124 e. The van der Waals surface area contributed by atoms with Gasteiger partial charge < -0.3 is 14.8 Å². The van der Waals surface area contributed by atoms with Crippen LogP contribution in [0, 0.1) is 0 Å². The van der Waals surface area contributed by atoms with Crippen LogP contribution in [0.15, 0.2) is 42.5 Å². The van der Waals surface area contributed by atoms with E-state index < -0.39 is 0 Å². The van der Waals surface area contributed by atoms with E-state index in [2.05, 4.69) is 12.2 Å². The van der Waals surface area contributed by atoms with Gasteiger partial charge in [-0.05, 0) is 24.6 Å². The number of anilines is 1. The van der Waals surface area contributed by atoms with Crippen molar-refractivity contribution in [2.45, 2.75) is 13.0 Å². The summed E-state index contributed by atoms with van der Waals surface area (Å²) in [4.78, 5) is 0. The maximum absolute atomic E-state index is 6.02. The van der Waals surface area contributed by atoms with E-state index in [0.717, 1.165) is 27.8 Å². The van der Waals surface area contributed by atoms with Crippen molar-refractivity contribution in [3.8, 4) is 11.5 Å². The van der Waals surface area contributed by atoms with Crippen LogP contribution in [0.3, 0.4) is 0 Å². The van der Waals surface area contributed by atoms with Crippen LogP contribution in [-0.2, 0) is 0 Å². The summed E-state index contributed by atoms with van der Waals surface area (Å²) < 4.78 is 10.5. The van der Waals surface area contributed by atoms with Crippen LogP contribution in [-0.4, -0.2) is 14.2 Å². The quantitative estimate of drug-likeness (QED) is 0.878. The van der Waals surface area contributed by atoms with E-state index in [1.165, 1.54) is 0 Å². The number of benzene rings is 2. The summed E-state index contributed by atoms with van der Waals surface area (Å²) in [6.45, 7) is 2.08. The predicted molar refractivity (Wildman–Crippen MR) is 83.0 cm³/mol. The Morgan fingerprint density at radius 2 is 1.65 bits per heavy atom. The van der Waals surface area contributed by atoms with E-state index in [1.54, 1.807) is 14.2 Å². The molecule has 0 spiro atoms. The molecule has 0 aromatic heterocycles. The molecule has 106 valence electrons. The highest BCUT2D eigenvalue weighted by atomic mass is 35.5. The van der Waals surface area contributed by atoms with E-state index in [-0.39, 0.29) is 6.04 Å². The Balaban J connectivity index is 2.20. The second kappa shape index (κ2) is 6.53. The summed E-state index contributed by atoms with van der Waals surface area (Å²) in [6.07, 6.45) is 0. The molecule has 0 aliphatic carbocycles. The van der Waals surface area contributed by atoms with Gasteiger partial charge in [0.1, 0.15) is 11.5 Å². The lowest BCUT2D eigenvalue weighted by Gasteiger charge is -2.17. The average molecular weight is 292 g/mol. The third kappa shape index (κ3) is 3.58. The monoisotopic (exact) mass is 291 g/mol. The first-order valence-corrected chi connectivity index (χ1v) is 6.75. The van der Waals surface area contributed by atoms with Gasteiger partial charge in [0.15, 0.2) is 0 Å². The van der Waals surface area contributed by atoms with Gasteiger partial charge in [0.25, 0.3) is 0 Å². The maximum atomic E-state index is 6.02. The summed E-state index contributed by atoms with van der Waals surface area (Å²) in [5.74, 6) is 1.51. The molecule has 0 amide bonds. The molecule has 2 aromatic rings. The molecule has 0 saturated heterocycles. The molecular weight excluding hydrogens is 274 g/mol. The van der Waals surface area contributed by atoms with E-state index in [9.17, 15) is 0 Å². The standard InChI is InChI=1S/C16H18ClNO2/c1-11(12-5-4-6-13(17)7-12)18-14-8-15(19-2)10-16(9-14)20-3/h4-11,18H,1-3H3. The van der Waals surface area contributed by atoms with E-state index in [0.29, 0.717) is 0 Å². The van der Waals surface area contributed by atoms with Crippen molar-refractivity contribution < 1.29 is 9.47 Å². The third-order valence-corrected chi connectivity index (χ3v) is 3.32. The van der Waals surface area contributed by atoms with E-state index >= 15 is 0 Å². The lowest BCUT2D eigenvalue weighted by atomic mass is 10.1. The van der Waals surface area contributed by atoms with Gasteiger partial charge in [-0.1, -0.05) is 23.7 Å². The molecule has 0 aliphatic heterocycles. The van der Waals surface area contributed by atoms with Gasteiger partial charge in [0, 0.05) is 35.0 Å². The molecular formula is C16H18ClNO2. The molecule has 2 aromatic carbocycles. The molecule has 0 radical (unpaired) electrons. The molecule has 2 rings (SSSR count). The molecule has 0 bridgehead atoms. The Bertz CT molecular complexity index is 564. The van der Waals surface area contributed by atoms with E-state index in [1.807, 2.05) is 42.5 Å². The summed E-state index contributed by atoms with van der Waals surface area (Å²) in [5.41, 5.74) is 2.06. The van der Waals surface area contributed by atoms with Crippen molar-refractivity contribution in [2.75, 3.05) is 19.5 Å². The highest BCUT2D eigenvalue weighted by molar-refractivity contribution is 6.30. The number of halogens is 1. The van der Waals surface area contributed by atoms with Crippen LogP contribution in [0.2, 0.25) is 5.02 Å². The largest absolute Gasteiger partial charge is 0.497 e. The van der Waals surface area contributed by atoms with Crippen molar-refractivity contribution in [1.29, 1.82) is 0 Å². The van der Waals surface area contributed by atoms with Crippen molar-refractivity contribution in [1.82, 2.24) is 0 Å². The summed E-state index contributed by atoms with van der Waals surface area (Å²) in [7, 11) is 3.28. The highest BCUT2D eigenvalue weighted by Crippen LogP contribution is 2.29. The van der Waals surface area contributed by atoms with Gasteiger partial charge in [0.05, 0.1) is 14.2 Å². The third-order valence-electron chi connectivity index (χ3n) is 3.08. The normalized spacial score (nSPS) is 11.8. The minimum atomic E-state index is 0.130. The average Bonchev–Trinajstić information content (AvgIpc) is 2.46. The van der Waals surface area contributed by atoms with Crippen molar-refractivity contribution in [3.63, 3.8) is 0 Å². The molecule has 1 N–H and O–H groups in total. The Kier molecular flexibility index (Phi) is 4.74. The van der Waals surface area contributed by atoms with Crippen LogP contribution < -0.4 is 14.8 Å². The second-order valence-electron chi connectivity index (χ2n) is 4.52. The van der Waals surface area contributed by atoms with Gasteiger partial charge in [-0.25, -0.2) is 0 Å². The lowest BCUT2D eigenvalue weighted by Crippen LogP contribution is -2.06. The van der Waals surface area contributed by atoms with Crippen LogP contribution in [0.1, 0.15) is 18.5 Å². The highest BCUT2D eigenvalue weighted by Gasteiger charge is 2.08. The molecule has 1 unspecified atom stereocenters. The van der Waals surface area contributed by atoms with Crippen molar-refractivity contribution in [3.05, 3.63) is 53.1 Å².